The van der Waals surface area contributed by atoms with Crippen molar-refractivity contribution < 1.29 is 9.53 Å². The smallest absolute Gasteiger partial charge is 0.234 e. The van der Waals surface area contributed by atoms with Gasteiger partial charge in [-0.15, -0.1) is 0 Å². The molecule has 0 bridgehead atoms. The van der Waals surface area contributed by atoms with Gasteiger partial charge in [0, 0.05) is 37.2 Å². The summed E-state index contributed by atoms with van der Waals surface area (Å²) in [5.41, 5.74) is 0. The maximum absolute atomic E-state index is 11.8. The second-order valence-corrected chi connectivity index (χ2v) is 6.48. The summed E-state index contributed by atoms with van der Waals surface area (Å²) in [6, 6.07) is 0. The molecule has 2 aliphatic rings. The number of nitrogens with one attached hydrogen (secondary N) is 1. The molecule has 2 heterocycles. The van der Waals surface area contributed by atoms with E-state index in [1.54, 1.807) is 0 Å². The highest BCUT2D eigenvalue weighted by molar-refractivity contribution is 8.00. The van der Waals surface area contributed by atoms with Gasteiger partial charge in [0.1, 0.15) is 0 Å². The first kappa shape index (κ1) is 14.2. The molecule has 2 aliphatic heterocycles. The van der Waals surface area contributed by atoms with Gasteiger partial charge in [-0.3, -0.25) is 9.69 Å². The van der Waals surface area contributed by atoms with Crippen molar-refractivity contribution in [2.24, 2.45) is 0 Å². The minimum atomic E-state index is 0.146. The minimum Gasteiger partial charge on any atom is -0.376 e. The van der Waals surface area contributed by atoms with E-state index in [4.69, 9.17) is 4.74 Å². The summed E-state index contributed by atoms with van der Waals surface area (Å²) in [6.45, 7) is 6.38. The van der Waals surface area contributed by atoms with Gasteiger partial charge >= 0.3 is 0 Å². The van der Waals surface area contributed by atoms with E-state index in [9.17, 15) is 4.79 Å². The molecule has 1 amide bonds. The number of rotatable bonds is 5. The number of thioether (sulfide) groups is 1. The summed E-state index contributed by atoms with van der Waals surface area (Å²) in [5, 5.41) is 3.69. The molecule has 0 unspecified atom stereocenters. The van der Waals surface area contributed by atoms with Crippen LogP contribution in [0.2, 0.25) is 0 Å². The van der Waals surface area contributed by atoms with Gasteiger partial charge < -0.3 is 10.1 Å². The SMILES string of the molecule is CC[C@H]1CN(CC(=O)NC[C@@H]2CCCO2)CCS1. The molecule has 0 saturated carbocycles. The molecule has 2 saturated heterocycles. The molecule has 5 heteroatoms. The molecular formula is C13H24N2O2S. The van der Waals surface area contributed by atoms with E-state index in [2.05, 4.69) is 17.1 Å². The fourth-order valence-electron chi connectivity index (χ4n) is 2.46. The van der Waals surface area contributed by atoms with Crippen LogP contribution < -0.4 is 5.32 Å². The standard InChI is InChI=1S/C13H24N2O2S/c1-2-12-9-15(5-7-18-12)10-13(16)14-8-11-4-3-6-17-11/h11-12H,2-10H2,1H3,(H,14,16)/t11-,12-/m0/s1. The van der Waals surface area contributed by atoms with E-state index in [-0.39, 0.29) is 12.0 Å². The molecule has 18 heavy (non-hydrogen) atoms. The predicted octanol–water partition coefficient (Wildman–Crippen LogP) is 1.11. The van der Waals surface area contributed by atoms with E-state index in [1.807, 2.05) is 11.8 Å². The van der Waals surface area contributed by atoms with Gasteiger partial charge in [-0.2, -0.15) is 11.8 Å². The Bertz CT molecular complexity index is 270. The molecule has 104 valence electrons. The molecule has 0 aromatic heterocycles. The lowest BCUT2D eigenvalue weighted by Crippen LogP contribution is -2.45. The van der Waals surface area contributed by atoms with Crippen LogP contribution in [0.25, 0.3) is 0 Å². The highest BCUT2D eigenvalue weighted by atomic mass is 32.2. The maximum Gasteiger partial charge on any atom is 0.234 e. The molecule has 0 aliphatic carbocycles. The van der Waals surface area contributed by atoms with Gasteiger partial charge in [-0.05, 0) is 19.3 Å². The van der Waals surface area contributed by atoms with Crippen LogP contribution in [0.1, 0.15) is 26.2 Å². The van der Waals surface area contributed by atoms with Gasteiger partial charge in [0.25, 0.3) is 0 Å². The number of amides is 1. The van der Waals surface area contributed by atoms with Crippen LogP contribution in [-0.2, 0) is 9.53 Å². The molecule has 0 radical (unpaired) electrons. The largest absolute Gasteiger partial charge is 0.376 e. The Hall–Kier alpha value is -0.260. The lowest BCUT2D eigenvalue weighted by Gasteiger charge is -2.31. The average Bonchev–Trinajstić information content (AvgIpc) is 2.90. The molecular weight excluding hydrogens is 248 g/mol. The fraction of sp³-hybridized carbons (Fsp3) is 0.923. The number of carbonyl (C=O) groups is 1. The molecule has 2 rings (SSSR count). The normalized spacial score (nSPS) is 29.4. The summed E-state index contributed by atoms with van der Waals surface area (Å²) in [5.74, 6) is 1.30. The van der Waals surface area contributed by atoms with Crippen molar-refractivity contribution in [3.05, 3.63) is 0 Å². The van der Waals surface area contributed by atoms with Crippen LogP contribution in [0.15, 0.2) is 0 Å². The van der Waals surface area contributed by atoms with Crippen molar-refractivity contribution in [3.8, 4) is 0 Å². The summed E-state index contributed by atoms with van der Waals surface area (Å²) in [7, 11) is 0. The Morgan fingerprint density at radius 3 is 3.17 bits per heavy atom. The molecule has 2 atom stereocenters. The van der Waals surface area contributed by atoms with E-state index in [0.717, 1.165) is 38.3 Å². The first-order valence-corrected chi connectivity index (χ1v) is 8.05. The van der Waals surface area contributed by atoms with E-state index in [0.29, 0.717) is 18.3 Å². The molecule has 2 fully saturated rings. The molecule has 0 spiro atoms. The third kappa shape index (κ3) is 4.44. The van der Waals surface area contributed by atoms with Crippen molar-refractivity contribution in [3.63, 3.8) is 0 Å². The van der Waals surface area contributed by atoms with E-state index >= 15 is 0 Å². The van der Waals surface area contributed by atoms with E-state index in [1.165, 1.54) is 6.42 Å². The number of hydrogen-bond donors (Lipinski definition) is 1. The second kappa shape index (κ2) is 7.36. The molecule has 1 N–H and O–H groups in total. The fourth-order valence-corrected chi connectivity index (χ4v) is 3.71. The minimum absolute atomic E-state index is 0.146. The zero-order valence-corrected chi connectivity index (χ0v) is 12.0. The number of carbonyl (C=O) groups excluding carboxylic acids is 1. The van der Waals surface area contributed by atoms with Crippen molar-refractivity contribution in [2.45, 2.75) is 37.5 Å². The van der Waals surface area contributed by atoms with Crippen molar-refractivity contribution in [1.29, 1.82) is 0 Å². The third-order valence-corrected chi connectivity index (χ3v) is 4.97. The summed E-state index contributed by atoms with van der Waals surface area (Å²) in [4.78, 5) is 14.1. The first-order valence-electron chi connectivity index (χ1n) is 7.00. The van der Waals surface area contributed by atoms with Gasteiger partial charge in [0.15, 0.2) is 0 Å². The zero-order chi connectivity index (χ0) is 12.8. The molecule has 4 nitrogen and oxygen atoms in total. The Morgan fingerprint density at radius 1 is 1.56 bits per heavy atom. The van der Waals surface area contributed by atoms with Crippen molar-refractivity contribution in [1.82, 2.24) is 10.2 Å². The lowest BCUT2D eigenvalue weighted by molar-refractivity contribution is -0.122. The van der Waals surface area contributed by atoms with Gasteiger partial charge in [0.2, 0.25) is 5.91 Å². The summed E-state index contributed by atoms with van der Waals surface area (Å²) in [6.07, 6.45) is 3.65. The number of nitrogens with zero attached hydrogens (tertiary/aromatic N) is 1. The first-order chi connectivity index (χ1) is 8.78. The monoisotopic (exact) mass is 272 g/mol. The Kier molecular flexibility index (Phi) is 5.79. The number of ether oxygens (including phenoxy) is 1. The summed E-state index contributed by atoms with van der Waals surface area (Å²) >= 11 is 2.03. The highest BCUT2D eigenvalue weighted by Gasteiger charge is 2.21. The van der Waals surface area contributed by atoms with Gasteiger partial charge in [0.05, 0.1) is 12.6 Å². The zero-order valence-electron chi connectivity index (χ0n) is 11.2. The summed E-state index contributed by atoms with van der Waals surface area (Å²) < 4.78 is 5.50. The highest BCUT2D eigenvalue weighted by Crippen LogP contribution is 2.20. The second-order valence-electron chi connectivity index (χ2n) is 5.08. The van der Waals surface area contributed by atoms with Crippen LogP contribution in [-0.4, -0.2) is 60.7 Å². The average molecular weight is 272 g/mol. The topological polar surface area (TPSA) is 41.6 Å². The van der Waals surface area contributed by atoms with Crippen LogP contribution in [0.5, 0.6) is 0 Å². The lowest BCUT2D eigenvalue weighted by atomic mass is 10.2. The Balaban J connectivity index is 1.63. The van der Waals surface area contributed by atoms with Crippen molar-refractivity contribution in [2.75, 3.05) is 38.5 Å². The van der Waals surface area contributed by atoms with Crippen molar-refractivity contribution >= 4 is 17.7 Å². The Labute approximate surface area is 114 Å². The van der Waals surface area contributed by atoms with E-state index < -0.39 is 0 Å². The quantitative estimate of drug-likeness (QED) is 0.814. The van der Waals surface area contributed by atoms with Crippen LogP contribution in [0.4, 0.5) is 0 Å². The van der Waals surface area contributed by atoms with Crippen LogP contribution in [0.3, 0.4) is 0 Å². The third-order valence-electron chi connectivity index (χ3n) is 3.60. The Morgan fingerprint density at radius 2 is 2.44 bits per heavy atom. The van der Waals surface area contributed by atoms with Gasteiger partial charge in [-0.1, -0.05) is 6.92 Å². The molecule has 0 aromatic carbocycles. The predicted molar refractivity (Wildman–Crippen MR) is 75.0 cm³/mol. The number of hydrogen-bond acceptors (Lipinski definition) is 4. The maximum atomic E-state index is 11.8. The molecule has 0 aromatic rings. The van der Waals surface area contributed by atoms with Crippen LogP contribution >= 0.6 is 11.8 Å². The van der Waals surface area contributed by atoms with Crippen LogP contribution in [0, 0.1) is 0 Å². The van der Waals surface area contributed by atoms with Gasteiger partial charge in [-0.25, -0.2) is 0 Å².